The molecular formula is C17H27Cl2N3O. The Morgan fingerprint density at radius 1 is 1.22 bits per heavy atom. The van der Waals surface area contributed by atoms with Crippen LogP contribution in [0.2, 0.25) is 0 Å². The highest BCUT2D eigenvalue weighted by Gasteiger charge is 2.29. The Kier molecular flexibility index (Phi) is 7.65. The fraction of sp³-hybridized carbons (Fsp3) is 0.588. The highest BCUT2D eigenvalue weighted by atomic mass is 35.5. The first kappa shape index (κ1) is 20.1. The lowest BCUT2D eigenvalue weighted by Crippen LogP contribution is -2.32. The number of likely N-dealkylation sites (tertiary alicyclic amines) is 2. The second-order valence-electron chi connectivity index (χ2n) is 6.49. The number of carbonyl (C=O) groups excluding carboxylic acids is 1. The molecule has 0 bridgehead atoms. The molecule has 130 valence electrons. The van der Waals surface area contributed by atoms with Crippen molar-refractivity contribution < 1.29 is 4.79 Å². The van der Waals surface area contributed by atoms with Gasteiger partial charge in [-0.05, 0) is 62.9 Å². The molecule has 0 aliphatic carbocycles. The van der Waals surface area contributed by atoms with Crippen LogP contribution in [0.1, 0.15) is 35.2 Å². The maximum absolute atomic E-state index is 12.7. The summed E-state index contributed by atoms with van der Waals surface area (Å²) in [5.41, 5.74) is 8.26. The molecule has 1 amide bonds. The molecule has 2 heterocycles. The number of hydrogen-bond acceptors (Lipinski definition) is 3. The van der Waals surface area contributed by atoms with Gasteiger partial charge in [0.1, 0.15) is 0 Å². The smallest absolute Gasteiger partial charge is 0.254 e. The van der Waals surface area contributed by atoms with Crippen LogP contribution in [0.3, 0.4) is 0 Å². The summed E-state index contributed by atoms with van der Waals surface area (Å²) >= 11 is 0. The number of nitrogen functional groups attached to an aromatic ring is 1. The third-order valence-electron chi connectivity index (χ3n) is 4.78. The van der Waals surface area contributed by atoms with Gasteiger partial charge in [-0.3, -0.25) is 4.79 Å². The molecule has 1 unspecified atom stereocenters. The normalized spacial score (nSPS) is 20.9. The Morgan fingerprint density at radius 3 is 2.61 bits per heavy atom. The molecule has 0 radical (unpaired) electrons. The minimum Gasteiger partial charge on any atom is -0.399 e. The molecule has 1 aromatic rings. The minimum atomic E-state index is 0. The number of nitrogens with two attached hydrogens (primary N) is 1. The fourth-order valence-corrected chi connectivity index (χ4v) is 3.54. The predicted molar refractivity (Wildman–Crippen MR) is 99.8 cm³/mol. The Balaban J connectivity index is 0.00000132. The zero-order chi connectivity index (χ0) is 14.8. The summed E-state index contributed by atoms with van der Waals surface area (Å²) in [6.45, 7) is 7.37. The molecule has 2 saturated heterocycles. The third-order valence-corrected chi connectivity index (χ3v) is 4.78. The van der Waals surface area contributed by atoms with E-state index in [1.807, 2.05) is 30.0 Å². The van der Waals surface area contributed by atoms with Crippen LogP contribution >= 0.6 is 24.8 Å². The van der Waals surface area contributed by atoms with Gasteiger partial charge in [0.05, 0.1) is 0 Å². The molecule has 0 aromatic heterocycles. The van der Waals surface area contributed by atoms with Crippen molar-refractivity contribution in [3.05, 3.63) is 29.3 Å². The first-order valence-corrected chi connectivity index (χ1v) is 8.01. The van der Waals surface area contributed by atoms with E-state index in [4.69, 9.17) is 5.73 Å². The number of amides is 1. The topological polar surface area (TPSA) is 49.6 Å². The van der Waals surface area contributed by atoms with Crippen molar-refractivity contribution in [2.45, 2.75) is 26.2 Å². The SMILES string of the molecule is Cc1ccc(N)cc1C(=O)N1CCC(CN2CCCC2)C1.Cl.Cl. The van der Waals surface area contributed by atoms with E-state index in [1.165, 1.54) is 25.9 Å². The number of carbonyl (C=O) groups is 1. The number of hydrogen-bond donors (Lipinski definition) is 1. The van der Waals surface area contributed by atoms with Crippen molar-refractivity contribution in [3.8, 4) is 0 Å². The lowest BCUT2D eigenvalue weighted by molar-refractivity contribution is 0.0783. The molecule has 1 atom stereocenters. The van der Waals surface area contributed by atoms with Crippen LogP contribution < -0.4 is 5.73 Å². The molecule has 1 aromatic carbocycles. The van der Waals surface area contributed by atoms with Crippen LogP contribution in [0.15, 0.2) is 18.2 Å². The first-order chi connectivity index (χ1) is 10.1. The van der Waals surface area contributed by atoms with Crippen molar-refractivity contribution in [2.24, 2.45) is 5.92 Å². The molecule has 2 N–H and O–H groups in total. The zero-order valence-electron chi connectivity index (χ0n) is 13.7. The van der Waals surface area contributed by atoms with Crippen LogP contribution in [0.25, 0.3) is 0 Å². The standard InChI is InChI=1S/C17H25N3O.2ClH/c1-13-4-5-15(18)10-16(13)17(21)20-9-6-14(12-20)11-19-7-2-3-8-19;;/h4-5,10,14H,2-3,6-9,11-12,18H2,1H3;2*1H. The minimum absolute atomic E-state index is 0. The summed E-state index contributed by atoms with van der Waals surface area (Å²) in [6, 6.07) is 5.60. The van der Waals surface area contributed by atoms with Crippen LogP contribution in [-0.2, 0) is 0 Å². The van der Waals surface area contributed by atoms with Crippen LogP contribution in [-0.4, -0.2) is 48.4 Å². The quantitative estimate of drug-likeness (QED) is 0.843. The van der Waals surface area contributed by atoms with Gasteiger partial charge in [0.25, 0.3) is 5.91 Å². The van der Waals surface area contributed by atoms with E-state index in [1.54, 1.807) is 0 Å². The lowest BCUT2D eigenvalue weighted by Gasteiger charge is -2.21. The second-order valence-corrected chi connectivity index (χ2v) is 6.49. The van der Waals surface area contributed by atoms with E-state index in [0.717, 1.165) is 37.2 Å². The van der Waals surface area contributed by atoms with Crippen LogP contribution in [0.4, 0.5) is 5.69 Å². The Hall–Kier alpha value is -0.970. The van der Waals surface area contributed by atoms with E-state index < -0.39 is 0 Å². The number of rotatable bonds is 3. The number of nitrogens with zero attached hydrogens (tertiary/aromatic N) is 2. The molecule has 2 aliphatic rings. The molecule has 2 aliphatic heterocycles. The predicted octanol–water partition coefficient (Wildman–Crippen LogP) is 2.98. The van der Waals surface area contributed by atoms with Crippen molar-refractivity contribution >= 4 is 36.4 Å². The fourth-order valence-electron chi connectivity index (χ4n) is 3.54. The van der Waals surface area contributed by atoms with E-state index in [2.05, 4.69) is 4.90 Å². The highest BCUT2D eigenvalue weighted by Crippen LogP contribution is 2.23. The number of aryl methyl sites for hydroxylation is 1. The van der Waals surface area contributed by atoms with E-state index in [-0.39, 0.29) is 30.7 Å². The maximum Gasteiger partial charge on any atom is 0.254 e. The molecular weight excluding hydrogens is 333 g/mol. The molecule has 3 rings (SSSR count). The number of anilines is 1. The summed E-state index contributed by atoms with van der Waals surface area (Å²) in [6.07, 6.45) is 3.79. The van der Waals surface area contributed by atoms with Crippen LogP contribution in [0.5, 0.6) is 0 Å². The highest BCUT2D eigenvalue weighted by molar-refractivity contribution is 5.96. The van der Waals surface area contributed by atoms with Gasteiger partial charge < -0.3 is 15.5 Å². The molecule has 0 spiro atoms. The molecule has 4 nitrogen and oxygen atoms in total. The Morgan fingerprint density at radius 2 is 1.91 bits per heavy atom. The molecule has 23 heavy (non-hydrogen) atoms. The van der Waals surface area contributed by atoms with Crippen molar-refractivity contribution in [1.29, 1.82) is 0 Å². The van der Waals surface area contributed by atoms with Crippen molar-refractivity contribution in [2.75, 3.05) is 38.5 Å². The van der Waals surface area contributed by atoms with Gasteiger partial charge in [-0.15, -0.1) is 24.8 Å². The molecule has 2 fully saturated rings. The first-order valence-electron chi connectivity index (χ1n) is 8.01. The monoisotopic (exact) mass is 359 g/mol. The summed E-state index contributed by atoms with van der Waals surface area (Å²) in [5.74, 6) is 0.775. The van der Waals surface area contributed by atoms with Gasteiger partial charge in [-0.1, -0.05) is 6.07 Å². The summed E-state index contributed by atoms with van der Waals surface area (Å²) in [5, 5.41) is 0. The maximum atomic E-state index is 12.7. The summed E-state index contributed by atoms with van der Waals surface area (Å²) in [7, 11) is 0. The Bertz CT molecular complexity index is 533. The summed E-state index contributed by atoms with van der Waals surface area (Å²) in [4.78, 5) is 17.2. The van der Waals surface area contributed by atoms with Crippen LogP contribution in [0, 0.1) is 12.8 Å². The van der Waals surface area contributed by atoms with Crippen molar-refractivity contribution in [1.82, 2.24) is 9.80 Å². The third kappa shape index (κ3) is 4.75. The molecule has 0 saturated carbocycles. The summed E-state index contributed by atoms with van der Waals surface area (Å²) < 4.78 is 0. The zero-order valence-corrected chi connectivity index (χ0v) is 15.3. The van der Waals surface area contributed by atoms with Crippen molar-refractivity contribution in [3.63, 3.8) is 0 Å². The largest absolute Gasteiger partial charge is 0.399 e. The van der Waals surface area contributed by atoms with Gasteiger partial charge in [-0.2, -0.15) is 0 Å². The van der Waals surface area contributed by atoms with E-state index >= 15 is 0 Å². The molecule has 6 heteroatoms. The van der Waals surface area contributed by atoms with Gasteiger partial charge >= 0.3 is 0 Å². The van der Waals surface area contributed by atoms with Gasteiger partial charge in [0.2, 0.25) is 0 Å². The lowest BCUT2D eigenvalue weighted by atomic mass is 10.1. The van der Waals surface area contributed by atoms with Gasteiger partial charge in [0.15, 0.2) is 0 Å². The Labute approximate surface area is 151 Å². The average Bonchev–Trinajstić information content (AvgIpc) is 3.13. The van der Waals surface area contributed by atoms with E-state index in [9.17, 15) is 4.79 Å². The van der Waals surface area contributed by atoms with Gasteiger partial charge in [0, 0.05) is 30.9 Å². The van der Waals surface area contributed by atoms with Gasteiger partial charge in [-0.25, -0.2) is 0 Å². The average molecular weight is 360 g/mol. The van der Waals surface area contributed by atoms with E-state index in [0.29, 0.717) is 11.6 Å². The number of benzene rings is 1. The number of halogens is 2. The second kappa shape index (κ2) is 8.76.